The Morgan fingerprint density at radius 1 is 0.500 bits per heavy atom. The molecule has 0 fully saturated rings. The van der Waals surface area contributed by atoms with E-state index in [4.69, 9.17) is 14.2 Å². The number of carbonyl (C=O) groups is 3. The van der Waals surface area contributed by atoms with Crippen molar-refractivity contribution in [1.29, 1.82) is 0 Å². The molecular weight excluding hydrogens is 583 g/mol. The summed E-state index contributed by atoms with van der Waals surface area (Å²) in [7, 11) is 0. The van der Waals surface area contributed by atoms with Crippen LogP contribution in [0.1, 0.15) is 31.1 Å². The van der Waals surface area contributed by atoms with Crippen LogP contribution >= 0.6 is 75.8 Å². The molecule has 0 N–H and O–H groups in total. The van der Waals surface area contributed by atoms with Crippen LogP contribution in [0.15, 0.2) is 18.2 Å². The number of rotatable bonds is 18. The fourth-order valence-electron chi connectivity index (χ4n) is 2.59. The second kappa shape index (κ2) is 19.6. The minimum atomic E-state index is -0.690. The van der Waals surface area contributed by atoms with Gasteiger partial charge < -0.3 is 14.2 Å². The first-order valence-electron chi connectivity index (χ1n) is 10.8. The van der Waals surface area contributed by atoms with Crippen LogP contribution < -0.4 is 0 Å². The number of hydrogen-bond donors (Lipinski definition) is 6. The molecule has 0 saturated heterocycles. The van der Waals surface area contributed by atoms with Crippen molar-refractivity contribution >= 4 is 93.7 Å². The molecule has 36 heavy (non-hydrogen) atoms. The Kier molecular flexibility index (Phi) is 18.4. The molecule has 0 atom stereocenters. The van der Waals surface area contributed by atoms with Crippen LogP contribution in [0.4, 0.5) is 0 Å². The van der Waals surface area contributed by atoms with Gasteiger partial charge in [0.2, 0.25) is 0 Å². The number of hydrogen-bond acceptors (Lipinski definition) is 15. The zero-order chi connectivity index (χ0) is 26.9. The second-order valence-corrected chi connectivity index (χ2v) is 8.94. The molecule has 0 aromatic heterocycles. The Morgan fingerprint density at radius 3 is 0.917 bits per heavy atom. The van der Waals surface area contributed by atoms with Gasteiger partial charge in [0.25, 0.3) is 0 Å². The van der Waals surface area contributed by atoms with Gasteiger partial charge >= 0.3 is 17.9 Å². The minimum absolute atomic E-state index is 0.0272. The third-order valence-corrected chi connectivity index (χ3v) is 7.16. The Bertz CT molecular complexity index is 708. The number of esters is 3. The first-order chi connectivity index (χ1) is 17.3. The minimum Gasteiger partial charge on any atom is -0.461 e. The molecule has 0 aliphatic rings. The van der Waals surface area contributed by atoms with Crippen molar-refractivity contribution in [3.63, 3.8) is 0 Å². The van der Waals surface area contributed by atoms with Crippen LogP contribution in [0.2, 0.25) is 0 Å². The fourth-order valence-corrected chi connectivity index (χ4v) is 4.51. The Labute approximate surface area is 245 Å². The van der Waals surface area contributed by atoms with Crippen LogP contribution in [-0.4, -0.2) is 107 Å². The standard InChI is InChI=1S/C21H33N3O6S6/c25-19(28-4-1-22(10-31)11-32)16-7-17(20(26)29-5-2-23(12-33)13-34)9-18(8-16)21(27)30-6-3-24(14-35)15-36/h7-9,31-36H,1-6,10-15H2. The Morgan fingerprint density at radius 2 is 0.722 bits per heavy atom. The fraction of sp³-hybridized carbons (Fsp3) is 0.571. The lowest BCUT2D eigenvalue weighted by Crippen LogP contribution is -2.27. The summed E-state index contributed by atoms with van der Waals surface area (Å²) in [6.07, 6.45) is 0. The van der Waals surface area contributed by atoms with Gasteiger partial charge in [-0.1, -0.05) is 0 Å². The van der Waals surface area contributed by atoms with Gasteiger partial charge in [-0.15, -0.1) is 0 Å². The average molecular weight is 616 g/mol. The molecule has 1 rings (SSSR count). The molecule has 0 saturated carbocycles. The summed E-state index contributed by atoms with van der Waals surface area (Å²) < 4.78 is 15.9. The Hall–Kier alpha value is -0.390. The van der Waals surface area contributed by atoms with Crippen LogP contribution in [0.3, 0.4) is 0 Å². The lowest BCUT2D eigenvalue weighted by atomic mass is 10.1. The summed E-state index contributed by atoms with van der Waals surface area (Å²) in [5.41, 5.74) is 0.0816. The highest BCUT2D eigenvalue weighted by Crippen LogP contribution is 2.15. The van der Waals surface area contributed by atoms with Crippen LogP contribution in [-0.2, 0) is 14.2 Å². The number of ether oxygens (including phenoxy) is 3. The van der Waals surface area contributed by atoms with E-state index in [2.05, 4.69) is 75.8 Å². The van der Waals surface area contributed by atoms with Crippen molar-refractivity contribution < 1.29 is 28.6 Å². The van der Waals surface area contributed by atoms with Gasteiger partial charge in [0.05, 0.1) is 16.7 Å². The molecule has 9 nitrogen and oxygen atoms in total. The summed E-state index contributed by atoms with van der Waals surface area (Å²) in [4.78, 5) is 43.6. The smallest absolute Gasteiger partial charge is 0.338 e. The maximum absolute atomic E-state index is 12.7. The summed E-state index contributed by atoms with van der Waals surface area (Å²) in [5.74, 6) is 0.644. The predicted octanol–water partition coefficient (Wildman–Crippen LogP) is 2.39. The van der Waals surface area contributed by atoms with E-state index in [0.29, 0.717) is 54.9 Å². The average Bonchev–Trinajstić information content (AvgIpc) is 2.90. The Balaban J connectivity index is 2.99. The highest BCUT2D eigenvalue weighted by atomic mass is 32.1. The molecule has 204 valence electrons. The lowest BCUT2D eigenvalue weighted by molar-refractivity contribution is 0.0475. The molecule has 0 bridgehead atoms. The van der Waals surface area contributed by atoms with Gasteiger partial charge in [0, 0.05) is 54.9 Å². The van der Waals surface area contributed by atoms with Crippen LogP contribution in [0.5, 0.6) is 0 Å². The van der Waals surface area contributed by atoms with Crippen LogP contribution in [0.25, 0.3) is 0 Å². The summed E-state index contributed by atoms with van der Waals surface area (Å²) in [6, 6.07) is 3.99. The zero-order valence-corrected chi connectivity index (χ0v) is 25.1. The zero-order valence-electron chi connectivity index (χ0n) is 19.7. The van der Waals surface area contributed by atoms with E-state index in [0.717, 1.165) is 0 Å². The van der Waals surface area contributed by atoms with E-state index in [1.807, 2.05) is 14.7 Å². The lowest BCUT2D eigenvalue weighted by Gasteiger charge is -2.17. The maximum atomic E-state index is 12.7. The molecular formula is C21H33N3O6S6. The summed E-state index contributed by atoms with van der Waals surface area (Å²) in [5, 5.41) is 0. The molecule has 1 aromatic carbocycles. The molecule has 0 amide bonds. The molecule has 1 aromatic rings. The molecule has 0 heterocycles. The van der Waals surface area contributed by atoms with Crippen molar-refractivity contribution in [3.8, 4) is 0 Å². The topological polar surface area (TPSA) is 88.6 Å². The quantitative estimate of drug-likeness (QED) is 0.0645. The van der Waals surface area contributed by atoms with Crippen molar-refractivity contribution in [3.05, 3.63) is 34.9 Å². The first kappa shape index (κ1) is 33.6. The number of nitrogens with zero attached hydrogens (tertiary/aromatic N) is 3. The van der Waals surface area contributed by atoms with E-state index in [-0.39, 0.29) is 36.5 Å². The first-order valence-corrected chi connectivity index (χ1v) is 14.6. The number of benzene rings is 1. The molecule has 0 aliphatic carbocycles. The summed E-state index contributed by atoms with van der Waals surface area (Å²) >= 11 is 25.1. The van der Waals surface area contributed by atoms with E-state index in [1.54, 1.807) is 0 Å². The van der Waals surface area contributed by atoms with E-state index < -0.39 is 17.9 Å². The van der Waals surface area contributed by atoms with Gasteiger partial charge in [0.1, 0.15) is 19.8 Å². The molecule has 0 radical (unpaired) electrons. The number of thiol groups is 6. The number of carbonyl (C=O) groups excluding carboxylic acids is 3. The van der Waals surface area contributed by atoms with Gasteiger partial charge in [0.15, 0.2) is 0 Å². The highest BCUT2D eigenvalue weighted by molar-refractivity contribution is 7.81. The van der Waals surface area contributed by atoms with Gasteiger partial charge in [-0.3, -0.25) is 14.7 Å². The van der Waals surface area contributed by atoms with Crippen molar-refractivity contribution in [2.45, 2.75) is 0 Å². The van der Waals surface area contributed by atoms with Crippen molar-refractivity contribution in [2.75, 3.05) is 74.7 Å². The summed E-state index contributed by atoms with van der Waals surface area (Å²) in [6.45, 7) is 1.53. The monoisotopic (exact) mass is 615 g/mol. The molecule has 0 spiro atoms. The van der Waals surface area contributed by atoms with E-state index in [9.17, 15) is 14.4 Å². The normalized spacial score (nSPS) is 11.2. The highest BCUT2D eigenvalue weighted by Gasteiger charge is 2.19. The van der Waals surface area contributed by atoms with Gasteiger partial charge in [-0.25, -0.2) is 14.4 Å². The van der Waals surface area contributed by atoms with E-state index >= 15 is 0 Å². The molecule has 0 unspecified atom stereocenters. The van der Waals surface area contributed by atoms with Gasteiger partial charge in [-0.2, -0.15) is 75.8 Å². The van der Waals surface area contributed by atoms with Crippen molar-refractivity contribution in [2.24, 2.45) is 0 Å². The molecule has 0 aliphatic heterocycles. The van der Waals surface area contributed by atoms with Crippen LogP contribution in [0, 0.1) is 0 Å². The van der Waals surface area contributed by atoms with Crippen molar-refractivity contribution in [1.82, 2.24) is 14.7 Å². The maximum Gasteiger partial charge on any atom is 0.338 e. The predicted molar refractivity (Wildman–Crippen MR) is 161 cm³/mol. The third kappa shape index (κ3) is 12.4. The third-order valence-electron chi connectivity index (χ3n) is 4.76. The van der Waals surface area contributed by atoms with Gasteiger partial charge in [-0.05, 0) is 18.2 Å². The molecule has 15 heteroatoms. The SMILES string of the molecule is O=C(OCCN(CS)CS)c1cc(C(=O)OCCN(CS)CS)cc(C(=O)OCCN(CS)CS)c1. The largest absolute Gasteiger partial charge is 0.461 e. The van der Waals surface area contributed by atoms with E-state index in [1.165, 1.54) is 18.2 Å². The second-order valence-electron chi connectivity index (χ2n) is 7.24.